The van der Waals surface area contributed by atoms with Gasteiger partial charge in [-0.2, -0.15) is 0 Å². The second-order valence-electron chi connectivity index (χ2n) is 8.30. The molecule has 0 heterocycles. The zero-order chi connectivity index (χ0) is 15.8. The van der Waals surface area contributed by atoms with Crippen LogP contribution in [0.25, 0.3) is 0 Å². The van der Waals surface area contributed by atoms with Crippen molar-refractivity contribution in [1.82, 2.24) is 0 Å². The standard InChI is InChI=1S/C21H38O/c1-3-5-17-7-11-19(12-8-17)15-21(22)16-20-13-9-18(6-4-2)10-14-20/h17-20H,3-16H2,1-2H3. The predicted octanol–water partition coefficient (Wildman–Crippen LogP) is 6.55. The van der Waals surface area contributed by atoms with Gasteiger partial charge in [0.25, 0.3) is 0 Å². The normalized spacial score (nSPS) is 32.8. The summed E-state index contributed by atoms with van der Waals surface area (Å²) in [6.45, 7) is 4.59. The largest absolute Gasteiger partial charge is 0.300 e. The Morgan fingerprint density at radius 1 is 0.636 bits per heavy atom. The lowest BCUT2D eigenvalue weighted by Gasteiger charge is -2.30. The first-order valence-electron chi connectivity index (χ1n) is 10.2. The quantitative estimate of drug-likeness (QED) is 0.497. The van der Waals surface area contributed by atoms with Crippen molar-refractivity contribution in [3.8, 4) is 0 Å². The van der Waals surface area contributed by atoms with Crippen molar-refractivity contribution < 1.29 is 4.79 Å². The molecule has 2 aliphatic carbocycles. The first-order chi connectivity index (χ1) is 10.7. The van der Waals surface area contributed by atoms with Crippen molar-refractivity contribution in [3.05, 3.63) is 0 Å². The molecule has 0 aromatic rings. The molecule has 0 amide bonds. The first-order valence-corrected chi connectivity index (χ1v) is 10.2. The zero-order valence-corrected chi connectivity index (χ0v) is 15.1. The monoisotopic (exact) mass is 306 g/mol. The molecule has 128 valence electrons. The van der Waals surface area contributed by atoms with Crippen molar-refractivity contribution in [2.45, 2.75) is 104 Å². The van der Waals surface area contributed by atoms with Crippen LogP contribution in [0, 0.1) is 23.7 Å². The van der Waals surface area contributed by atoms with E-state index in [1.54, 1.807) is 0 Å². The number of hydrogen-bond donors (Lipinski definition) is 0. The Bertz CT molecular complexity index is 276. The molecule has 2 fully saturated rings. The van der Waals surface area contributed by atoms with Gasteiger partial charge in [-0.1, -0.05) is 65.2 Å². The number of hydrogen-bond acceptors (Lipinski definition) is 1. The molecule has 1 heteroatoms. The maximum Gasteiger partial charge on any atom is 0.133 e. The molecule has 0 bridgehead atoms. The summed E-state index contributed by atoms with van der Waals surface area (Å²) in [5.41, 5.74) is 0. The molecule has 0 atom stereocenters. The van der Waals surface area contributed by atoms with E-state index in [-0.39, 0.29) is 0 Å². The fourth-order valence-corrected chi connectivity index (χ4v) is 4.99. The van der Waals surface area contributed by atoms with Crippen LogP contribution in [0.3, 0.4) is 0 Å². The van der Waals surface area contributed by atoms with Gasteiger partial charge in [0.1, 0.15) is 5.78 Å². The molecule has 0 aromatic carbocycles. The first kappa shape index (κ1) is 18.0. The summed E-state index contributed by atoms with van der Waals surface area (Å²) >= 11 is 0. The number of carbonyl (C=O) groups excluding carboxylic acids is 1. The lowest BCUT2D eigenvalue weighted by molar-refractivity contribution is -0.121. The third-order valence-electron chi connectivity index (χ3n) is 6.36. The van der Waals surface area contributed by atoms with Crippen molar-refractivity contribution in [1.29, 1.82) is 0 Å². The highest BCUT2D eigenvalue weighted by Crippen LogP contribution is 2.36. The highest BCUT2D eigenvalue weighted by molar-refractivity contribution is 5.78. The summed E-state index contributed by atoms with van der Waals surface area (Å²) in [5.74, 6) is 3.95. The van der Waals surface area contributed by atoms with Crippen LogP contribution in [0.15, 0.2) is 0 Å². The summed E-state index contributed by atoms with van der Waals surface area (Å²) in [5, 5.41) is 0. The average molecular weight is 307 g/mol. The van der Waals surface area contributed by atoms with Crippen molar-refractivity contribution >= 4 is 5.78 Å². The van der Waals surface area contributed by atoms with E-state index < -0.39 is 0 Å². The summed E-state index contributed by atoms with van der Waals surface area (Å²) in [6.07, 6.45) is 18.1. The van der Waals surface area contributed by atoms with E-state index in [0.29, 0.717) is 5.78 Å². The maximum atomic E-state index is 12.4. The zero-order valence-electron chi connectivity index (χ0n) is 15.1. The van der Waals surface area contributed by atoms with Gasteiger partial charge in [-0.15, -0.1) is 0 Å². The van der Waals surface area contributed by atoms with Crippen molar-refractivity contribution in [2.24, 2.45) is 23.7 Å². The Labute approximate surface area is 138 Å². The van der Waals surface area contributed by atoms with Crippen LogP contribution in [0.2, 0.25) is 0 Å². The Kier molecular flexibility index (Phi) is 7.97. The van der Waals surface area contributed by atoms with Gasteiger partial charge in [0.05, 0.1) is 0 Å². The minimum atomic E-state index is 0.581. The second-order valence-corrected chi connectivity index (χ2v) is 8.30. The van der Waals surface area contributed by atoms with Crippen LogP contribution in [0.1, 0.15) is 104 Å². The van der Waals surface area contributed by atoms with Crippen molar-refractivity contribution in [2.75, 3.05) is 0 Å². The molecule has 2 saturated carbocycles. The SMILES string of the molecule is CCCC1CCC(CC(=O)CC2CCC(CCC)CC2)CC1. The van der Waals surface area contributed by atoms with Gasteiger partial charge in [0.2, 0.25) is 0 Å². The van der Waals surface area contributed by atoms with Gasteiger partial charge in [0, 0.05) is 12.8 Å². The molecule has 0 saturated heterocycles. The lowest BCUT2D eigenvalue weighted by Crippen LogP contribution is -2.21. The number of ketones is 1. The predicted molar refractivity (Wildman–Crippen MR) is 95.0 cm³/mol. The number of carbonyl (C=O) groups is 1. The van der Waals surface area contributed by atoms with E-state index in [9.17, 15) is 4.79 Å². The summed E-state index contributed by atoms with van der Waals surface area (Å²) in [4.78, 5) is 12.4. The molecule has 0 aliphatic heterocycles. The summed E-state index contributed by atoms with van der Waals surface area (Å²) < 4.78 is 0. The molecule has 0 aromatic heterocycles. The topological polar surface area (TPSA) is 17.1 Å². The van der Waals surface area contributed by atoms with Gasteiger partial charge in [-0.05, 0) is 49.4 Å². The Morgan fingerprint density at radius 2 is 0.955 bits per heavy atom. The summed E-state index contributed by atoms with van der Waals surface area (Å²) in [6, 6.07) is 0. The Hall–Kier alpha value is -0.330. The van der Waals surface area contributed by atoms with Crippen LogP contribution in [0.5, 0.6) is 0 Å². The van der Waals surface area contributed by atoms with Gasteiger partial charge >= 0.3 is 0 Å². The van der Waals surface area contributed by atoms with Crippen LogP contribution in [-0.4, -0.2) is 5.78 Å². The Morgan fingerprint density at radius 3 is 1.27 bits per heavy atom. The third kappa shape index (κ3) is 6.05. The average Bonchev–Trinajstić information content (AvgIpc) is 2.52. The van der Waals surface area contributed by atoms with Gasteiger partial charge in [-0.3, -0.25) is 4.79 Å². The number of rotatable bonds is 8. The smallest absolute Gasteiger partial charge is 0.133 e. The number of Topliss-reactive ketones (excluding diaryl/α,β-unsaturated/α-hetero) is 1. The fourth-order valence-electron chi connectivity index (χ4n) is 4.99. The molecular weight excluding hydrogens is 268 g/mol. The molecule has 1 nitrogen and oxygen atoms in total. The molecule has 0 unspecified atom stereocenters. The van der Waals surface area contributed by atoms with E-state index in [1.807, 2.05) is 0 Å². The van der Waals surface area contributed by atoms with Crippen molar-refractivity contribution in [3.63, 3.8) is 0 Å². The maximum absolute atomic E-state index is 12.4. The molecule has 0 spiro atoms. The Balaban J connectivity index is 1.60. The molecule has 0 N–H and O–H groups in total. The highest BCUT2D eigenvalue weighted by atomic mass is 16.1. The van der Waals surface area contributed by atoms with Crippen LogP contribution >= 0.6 is 0 Å². The fraction of sp³-hybridized carbons (Fsp3) is 0.952. The molecule has 2 rings (SSSR count). The molecular formula is C21H38O. The second kappa shape index (κ2) is 9.73. The third-order valence-corrected chi connectivity index (χ3v) is 6.36. The highest BCUT2D eigenvalue weighted by Gasteiger charge is 2.26. The molecule has 2 aliphatic rings. The van der Waals surface area contributed by atoms with Gasteiger partial charge < -0.3 is 0 Å². The van der Waals surface area contributed by atoms with Gasteiger partial charge in [0.15, 0.2) is 0 Å². The van der Waals surface area contributed by atoms with E-state index in [4.69, 9.17) is 0 Å². The van der Waals surface area contributed by atoms with E-state index in [1.165, 1.54) is 77.0 Å². The minimum absolute atomic E-state index is 0.581. The van der Waals surface area contributed by atoms with E-state index in [0.717, 1.165) is 36.5 Å². The lowest BCUT2D eigenvalue weighted by atomic mass is 9.75. The van der Waals surface area contributed by atoms with Crippen LogP contribution in [0.4, 0.5) is 0 Å². The van der Waals surface area contributed by atoms with E-state index in [2.05, 4.69) is 13.8 Å². The van der Waals surface area contributed by atoms with Gasteiger partial charge in [-0.25, -0.2) is 0 Å². The minimum Gasteiger partial charge on any atom is -0.300 e. The molecule has 22 heavy (non-hydrogen) atoms. The van der Waals surface area contributed by atoms with Crippen LogP contribution in [-0.2, 0) is 4.79 Å². The molecule has 0 radical (unpaired) electrons. The summed E-state index contributed by atoms with van der Waals surface area (Å²) in [7, 11) is 0. The van der Waals surface area contributed by atoms with E-state index >= 15 is 0 Å². The van der Waals surface area contributed by atoms with Crippen LogP contribution < -0.4 is 0 Å².